The van der Waals surface area contributed by atoms with Crippen LogP contribution >= 0.6 is 0 Å². The number of benzene rings is 1. The van der Waals surface area contributed by atoms with Gasteiger partial charge in [-0.15, -0.1) is 0 Å². The van der Waals surface area contributed by atoms with Gasteiger partial charge in [0.2, 0.25) is 0 Å². The van der Waals surface area contributed by atoms with Crippen LogP contribution in [0.25, 0.3) is 0 Å². The van der Waals surface area contributed by atoms with Gasteiger partial charge in [-0.3, -0.25) is 4.79 Å². The quantitative estimate of drug-likeness (QED) is 0.893. The highest BCUT2D eigenvalue weighted by Gasteiger charge is 2.51. The summed E-state index contributed by atoms with van der Waals surface area (Å²) < 4.78 is 0. The van der Waals surface area contributed by atoms with E-state index in [9.17, 15) is 4.79 Å². The van der Waals surface area contributed by atoms with Crippen LogP contribution in [0.3, 0.4) is 0 Å². The summed E-state index contributed by atoms with van der Waals surface area (Å²) in [6.07, 6.45) is 7.85. The van der Waals surface area contributed by atoms with Crippen LogP contribution in [0.2, 0.25) is 0 Å². The smallest absolute Gasteiger partial charge is 0.251 e. The zero-order chi connectivity index (χ0) is 14.4. The molecule has 1 amide bonds. The van der Waals surface area contributed by atoms with E-state index in [0.29, 0.717) is 0 Å². The monoisotopic (exact) mass is 284 g/mol. The molecule has 0 radical (unpaired) electrons. The Morgan fingerprint density at radius 2 is 1.52 bits per heavy atom. The molecule has 4 aliphatic rings. The molecule has 112 valence electrons. The molecule has 3 heteroatoms. The van der Waals surface area contributed by atoms with E-state index in [4.69, 9.17) is 0 Å². The van der Waals surface area contributed by atoms with Crippen LogP contribution in [0, 0.1) is 17.8 Å². The minimum atomic E-state index is 0.105. The Bertz CT molecular complexity index is 514. The molecule has 3 nitrogen and oxygen atoms in total. The zero-order valence-corrected chi connectivity index (χ0v) is 12.7. The number of carbonyl (C=O) groups is 1. The maximum absolute atomic E-state index is 12.6. The molecule has 0 unspecified atom stereocenters. The van der Waals surface area contributed by atoms with Crippen LogP contribution in [-0.4, -0.2) is 18.5 Å². The van der Waals surface area contributed by atoms with Crippen molar-refractivity contribution in [3.63, 3.8) is 0 Å². The zero-order valence-electron chi connectivity index (χ0n) is 12.7. The SMILES string of the molecule is CNc1ccc(C(=O)NC23CC4CC(CC(C4)C2)C3)cc1. The summed E-state index contributed by atoms with van der Waals surface area (Å²) in [7, 11) is 1.89. The first-order valence-corrected chi connectivity index (χ1v) is 8.26. The Morgan fingerprint density at radius 3 is 2.00 bits per heavy atom. The van der Waals surface area contributed by atoms with Gasteiger partial charge in [0.1, 0.15) is 0 Å². The van der Waals surface area contributed by atoms with Crippen LogP contribution in [-0.2, 0) is 0 Å². The first-order valence-electron chi connectivity index (χ1n) is 8.26. The second-order valence-corrected chi connectivity index (χ2v) is 7.48. The fraction of sp³-hybridized carbons (Fsp3) is 0.611. The van der Waals surface area contributed by atoms with E-state index < -0.39 is 0 Å². The molecular weight excluding hydrogens is 260 g/mol. The average molecular weight is 284 g/mol. The summed E-state index contributed by atoms with van der Waals surface area (Å²) in [6, 6.07) is 7.77. The minimum Gasteiger partial charge on any atom is -0.388 e. The van der Waals surface area contributed by atoms with Gasteiger partial charge >= 0.3 is 0 Å². The Morgan fingerprint density at radius 1 is 1.00 bits per heavy atom. The maximum Gasteiger partial charge on any atom is 0.251 e. The summed E-state index contributed by atoms with van der Waals surface area (Å²) >= 11 is 0. The molecule has 4 saturated carbocycles. The highest BCUT2D eigenvalue weighted by Crippen LogP contribution is 2.55. The predicted molar refractivity (Wildman–Crippen MR) is 84.4 cm³/mol. The molecule has 0 heterocycles. The number of rotatable bonds is 3. The standard InChI is InChI=1S/C18H24N2O/c1-19-16-4-2-15(3-5-16)17(21)20-18-9-12-6-13(10-18)8-14(7-12)11-18/h2-5,12-14,19H,6-11H2,1H3,(H,20,21). The number of nitrogens with one attached hydrogen (secondary N) is 2. The van der Waals surface area contributed by atoms with Crippen LogP contribution in [0.4, 0.5) is 5.69 Å². The second-order valence-electron chi connectivity index (χ2n) is 7.48. The van der Waals surface area contributed by atoms with Crippen molar-refractivity contribution in [3.05, 3.63) is 29.8 Å². The highest BCUT2D eigenvalue weighted by molar-refractivity contribution is 5.95. The molecule has 0 saturated heterocycles. The topological polar surface area (TPSA) is 41.1 Å². The number of carbonyl (C=O) groups excluding carboxylic acids is 1. The van der Waals surface area contributed by atoms with Crippen molar-refractivity contribution in [1.82, 2.24) is 5.32 Å². The van der Waals surface area contributed by atoms with Crippen molar-refractivity contribution in [2.75, 3.05) is 12.4 Å². The third-order valence-corrected chi connectivity index (χ3v) is 5.85. The van der Waals surface area contributed by atoms with Gasteiger partial charge in [0, 0.05) is 23.8 Å². The van der Waals surface area contributed by atoms with Crippen molar-refractivity contribution >= 4 is 11.6 Å². The Labute approximate surface area is 126 Å². The maximum atomic E-state index is 12.6. The molecule has 0 aliphatic heterocycles. The molecule has 0 atom stereocenters. The van der Waals surface area contributed by atoms with Crippen molar-refractivity contribution < 1.29 is 4.79 Å². The molecule has 4 fully saturated rings. The van der Waals surface area contributed by atoms with Crippen LogP contribution in [0.5, 0.6) is 0 Å². The van der Waals surface area contributed by atoms with Crippen molar-refractivity contribution in [2.45, 2.75) is 44.1 Å². The number of anilines is 1. The van der Waals surface area contributed by atoms with E-state index in [1.54, 1.807) is 0 Å². The van der Waals surface area contributed by atoms with Crippen LogP contribution in [0.15, 0.2) is 24.3 Å². The first-order chi connectivity index (χ1) is 10.2. The lowest BCUT2D eigenvalue weighted by Crippen LogP contribution is -2.59. The van der Waals surface area contributed by atoms with E-state index in [-0.39, 0.29) is 11.4 Å². The van der Waals surface area contributed by atoms with Gasteiger partial charge in [0.05, 0.1) is 0 Å². The number of hydrogen-bond acceptors (Lipinski definition) is 2. The third kappa shape index (κ3) is 2.33. The van der Waals surface area contributed by atoms with Gasteiger partial charge in [-0.2, -0.15) is 0 Å². The van der Waals surface area contributed by atoms with Gasteiger partial charge in [-0.05, 0) is 80.5 Å². The van der Waals surface area contributed by atoms with Crippen molar-refractivity contribution in [2.24, 2.45) is 17.8 Å². The Hall–Kier alpha value is -1.51. The molecule has 1 aromatic rings. The van der Waals surface area contributed by atoms with Gasteiger partial charge in [-0.1, -0.05) is 0 Å². The molecule has 0 spiro atoms. The predicted octanol–water partition coefficient (Wildman–Crippen LogP) is 3.43. The molecule has 5 rings (SSSR count). The first kappa shape index (κ1) is 13.2. The van der Waals surface area contributed by atoms with E-state index >= 15 is 0 Å². The van der Waals surface area contributed by atoms with Crippen molar-refractivity contribution in [3.8, 4) is 0 Å². The van der Waals surface area contributed by atoms with Crippen LogP contribution in [0.1, 0.15) is 48.9 Å². The summed E-state index contributed by atoms with van der Waals surface area (Å²) in [5.41, 5.74) is 1.93. The summed E-state index contributed by atoms with van der Waals surface area (Å²) in [5, 5.41) is 6.51. The lowest BCUT2D eigenvalue weighted by atomic mass is 9.53. The summed E-state index contributed by atoms with van der Waals surface area (Å²) in [5.74, 6) is 2.70. The van der Waals surface area contributed by atoms with Gasteiger partial charge in [0.25, 0.3) is 5.91 Å². The second kappa shape index (κ2) is 4.75. The fourth-order valence-corrected chi connectivity index (χ4v) is 5.37. The summed E-state index contributed by atoms with van der Waals surface area (Å²) in [6.45, 7) is 0. The average Bonchev–Trinajstić information content (AvgIpc) is 2.45. The number of hydrogen-bond donors (Lipinski definition) is 2. The number of amides is 1. The molecule has 4 aliphatic carbocycles. The van der Waals surface area contributed by atoms with Gasteiger partial charge in [-0.25, -0.2) is 0 Å². The lowest BCUT2D eigenvalue weighted by molar-refractivity contribution is -0.0167. The molecule has 2 N–H and O–H groups in total. The molecule has 0 aromatic heterocycles. The lowest BCUT2D eigenvalue weighted by Gasteiger charge is -2.56. The van der Waals surface area contributed by atoms with Gasteiger partial charge < -0.3 is 10.6 Å². The van der Waals surface area contributed by atoms with E-state index in [1.807, 2.05) is 31.3 Å². The fourth-order valence-electron chi connectivity index (χ4n) is 5.37. The Balaban J connectivity index is 1.51. The van der Waals surface area contributed by atoms with E-state index in [1.165, 1.54) is 38.5 Å². The molecule has 1 aromatic carbocycles. The van der Waals surface area contributed by atoms with Crippen molar-refractivity contribution in [1.29, 1.82) is 0 Å². The Kier molecular flexibility index (Phi) is 2.98. The third-order valence-electron chi connectivity index (χ3n) is 5.85. The highest BCUT2D eigenvalue weighted by atomic mass is 16.1. The molecular formula is C18H24N2O. The van der Waals surface area contributed by atoms with E-state index in [2.05, 4.69) is 10.6 Å². The molecule has 21 heavy (non-hydrogen) atoms. The molecule has 4 bridgehead atoms. The summed E-state index contributed by atoms with van der Waals surface area (Å²) in [4.78, 5) is 12.6. The minimum absolute atomic E-state index is 0.105. The normalized spacial score (nSPS) is 36.5. The largest absolute Gasteiger partial charge is 0.388 e. The van der Waals surface area contributed by atoms with Gasteiger partial charge in [0.15, 0.2) is 0 Å². The van der Waals surface area contributed by atoms with E-state index in [0.717, 1.165) is 29.0 Å². The van der Waals surface area contributed by atoms with Crippen LogP contribution < -0.4 is 10.6 Å².